The zero-order valence-corrected chi connectivity index (χ0v) is 9.15. The van der Waals surface area contributed by atoms with Gasteiger partial charge in [0.25, 0.3) is 0 Å². The number of carbonyl (C=O) groups excluding carboxylic acids is 1. The number of aliphatic hydroxyl groups is 5. The summed E-state index contributed by atoms with van der Waals surface area (Å²) in [6, 6.07) is 0. The van der Waals surface area contributed by atoms with Crippen LogP contribution in [0.25, 0.3) is 0 Å². The molecule has 0 aromatic carbocycles. The molecule has 0 aromatic rings. The van der Waals surface area contributed by atoms with Crippen LogP contribution in [0.5, 0.6) is 0 Å². The second-order valence-corrected chi connectivity index (χ2v) is 2.36. The topological polar surface area (TPSA) is 118 Å². The number of aldehydes is 1. The molecule has 5 N–H and O–H groups in total. The summed E-state index contributed by atoms with van der Waals surface area (Å²) in [6.45, 7) is -0.760. The third-order valence-electron chi connectivity index (χ3n) is 1.42. The van der Waals surface area contributed by atoms with Crippen molar-refractivity contribution in [2.75, 3.05) is 6.61 Å². The van der Waals surface area contributed by atoms with E-state index in [1.54, 1.807) is 0 Å². The molecular formula is C6H12Fe2O6. The minimum atomic E-state index is -1.79. The van der Waals surface area contributed by atoms with Crippen molar-refractivity contribution in [3.8, 4) is 0 Å². The first kappa shape index (κ1) is 20.0. The van der Waals surface area contributed by atoms with Crippen LogP contribution >= 0.6 is 0 Å². The molecule has 6 nitrogen and oxygen atoms in total. The van der Waals surface area contributed by atoms with E-state index in [4.69, 9.17) is 25.5 Å². The van der Waals surface area contributed by atoms with Gasteiger partial charge in [-0.3, -0.25) is 0 Å². The quantitative estimate of drug-likeness (QED) is 0.266. The van der Waals surface area contributed by atoms with Crippen LogP contribution in [0.3, 0.4) is 0 Å². The second kappa shape index (κ2) is 10.0. The first-order valence-electron chi connectivity index (χ1n) is 3.33. The molecule has 14 heavy (non-hydrogen) atoms. The van der Waals surface area contributed by atoms with Gasteiger partial charge in [-0.15, -0.1) is 0 Å². The molecule has 0 aliphatic carbocycles. The van der Waals surface area contributed by atoms with Crippen molar-refractivity contribution in [2.45, 2.75) is 24.4 Å². The van der Waals surface area contributed by atoms with E-state index in [0.717, 1.165) is 0 Å². The van der Waals surface area contributed by atoms with Crippen LogP contribution in [0.15, 0.2) is 0 Å². The molecule has 0 amide bonds. The van der Waals surface area contributed by atoms with E-state index in [0.29, 0.717) is 0 Å². The van der Waals surface area contributed by atoms with Crippen LogP contribution in [0.1, 0.15) is 0 Å². The maximum Gasteiger partial charge on any atom is 0.151 e. The molecule has 0 heterocycles. The average Bonchev–Trinajstić information content (AvgIpc) is 2.12. The first-order chi connectivity index (χ1) is 5.54. The molecule has 0 bridgehead atoms. The Morgan fingerprint density at radius 1 is 1.00 bits per heavy atom. The second-order valence-electron chi connectivity index (χ2n) is 2.36. The summed E-state index contributed by atoms with van der Waals surface area (Å²) in [5.74, 6) is 0. The monoisotopic (exact) mass is 292 g/mol. The fourth-order valence-corrected chi connectivity index (χ4v) is 0.618. The van der Waals surface area contributed by atoms with Crippen molar-refractivity contribution in [2.24, 2.45) is 0 Å². The summed E-state index contributed by atoms with van der Waals surface area (Å²) in [5.41, 5.74) is 0. The molecule has 0 radical (unpaired) electrons. The van der Waals surface area contributed by atoms with Crippen molar-refractivity contribution < 1.29 is 64.5 Å². The fourth-order valence-electron chi connectivity index (χ4n) is 0.618. The number of carbonyl (C=O) groups is 1. The van der Waals surface area contributed by atoms with E-state index >= 15 is 0 Å². The Balaban J connectivity index is -0.000000605. The molecule has 8 heteroatoms. The number of aliphatic hydroxyl groups excluding tert-OH is 5. The molecule has 0 fully saturated rings. The van der Waals surface area contributed by atoms with Gasteiger partial charge in [0.15, 0.2) is 6.29 Å². The molecule has 4 atom stereocenters. The summed E-state index contributed by atoms with van der Waals surface area (Å²) < 4.78 is 0. The van der Waals surface area contributed by atoms with Crippen molar-refractivity contribution in [3.05, 3.63) is 0 Å². The Kier molecular flexibility index (Phi) is 14.3. The fraction of sp³-hybridized carbons (Fsp3) is 0.833. The SMILES string of the molecule is O=C[C@H](O)[C@@H](O)[C@H](O)[C@H](O)CO.[Fe].[Fe]. The molecule has 88 valence electrons. The van der Waals surface area contributed by atoms with Crippen LogP contribution in [0.4, 0.5) is 0 Å². The molecule has 0 spiro atoms. The largest absolute Gasteiger partial charge is 0.394 e. The van der Waals surface area contributed by atoms with Gasteiger partial charge < -0.3 is 30.3 Å². The van der Waals surface area contributed by atoms with Crippen LogP contribution < -0.4 is 0 Å². The van der Waals surface area contributed by atoms with Gasteiger partial charge >= 0.3 is 0 Å². The summed E-state index contributed by atoms with van der Waals surface area (Å²) in [4.78, 5) is 9.90. The summed E-state index contributed by atoms with van der Waals surface area (Å²) in [7, 11) is 0. The molecule has 0 aromatic heterocycles. The minimum absolute atomic E-state index is 0. The van der Waals surface area contributed by atoms with Gasteiger partial charge in [0, 0.05) is 34.1 Å². The Morgan fingerprint density at radius 3 is 1.71 bits per heavy atom. The summed E-state index contributed by atoms with van der Waals surface area (Å²) in [5, 5.41) is 43.5. The van der Waals surface area contributed by atoms with Crippen molar-refractivity contribution in [3.63, 3.8) is 0 Å². The smallest absolute Gasteiger partial charge is 0.151 e. The van der Waals surface area contributed by atoms with Crippen molar-refractivity contribution in [1.29, 1.82) is 0 Å². The Morgan fingerprint density at radius 2 is 1.43 bits per heavy atom. The zero-order chi connectivity index (χ0) is 9.72. The van der Waals surface area contributed by atoms with Gasteiger partial charge in [0.1, 0.15) is 24.4 Å². The third-order valence-corrected chi connectivity index (χ3v) is 1.42. The average molecular weight is 292 g/mol. The summed E-state index contributed by atoms with van der Waals surface area (Å²) >= 11 is 0. The summed E-state index contributed by atoms with van der Waals surface area (Å²) in [6.07, 6.45) is -6.84. The predicted octanol–water partition coefficient (Wildman–Crippen LogP) is -3.38. The predicted molar refractivity (Wildman–Crippen MR) is 37.2 cm³/mol. The number of hydrogen-bond donors (Lipinski definition) is 5. The van der Waals surface area contributed by atoms with E-state index in [9.17, 15) is 4.79 Å². The maximum absolute atomic E-state index is 9.90. The van der Waals surface area contributed by atoms with Gasteiger partial charge in [0.2, 0.25) is 0 Å². The molecule has 0 unspecified atom stereocenters. The van der Waals surface area contributed by atoms with Crippen LogP contribution in [-0.2, 0) is 38.9 Å². The molecule has 0 saturated heterocycles. The Labute approximate surface area is 102 Å². The van der Waals surface area contributed by atoms with Crippen LogP contribution in [0, 0.1) is 0 Å². The first-order valence-corrected chi connectivity index (χ1v) is 3.33. The zero-order valence-electron chi connectivity index (χ0n) is 6.95. The maximum atomic E-state index is 9.90. The number of hydrogen-bond acceptors (Lipinski definition) is 6. The van der Waals surface area contributed by atoms with E-state index < -0.39 is 31.0 Å². The molecular weight excluding hydrogens is 280 g/mol. The van der Waals surface area contributed by atoms with Gasteiger partial charge in [-0.05, 0) is 0 Å². The van der Waals surface area contributed by atoms with Gasteiger partial charge in [0.05, 0.1) is 6.61 Å². The van der Waals surface area contributed by atoms with E-state index in [2.05, 4.69) is 0 Å². The van der Waals surface area contributed by atoms with E-state index in [1.165, 1.54) is 0 Å². The molecule has 0 rings (SSSR count). The normalized spacial score (nSPS) is 18.1. The minimum Gasteiger partial charge on any atom is -0.394 e. The van der Waals surface area contributed by atoms with E-state index in [1.807, 2.05) is 0 Å². The molecule has 0 aliphatic heterocycles. The Hall–Kier alpha value is 0.509. The standard InChI is InChI=1S/C6H12O6.2Fe/c7-1-3(9)5(11)6(12)4(10)2-8;;/h1,3-6,8-12H,2H2;;/t3-,4+,5+,6+;;/m0../s1. The van der Waals surface area contributed by atoms with Crippen LogP contribution in [-0.4, -0.2) is 62.8 Å². The van der Waals surface area contributed by atoms with Crippen molar-refractivity contribution in [1.82, 2.24) is 0 Å². The third kappa shape index (κ3) is 6.08. The Bertz CT molecular complexity index is 146. The van der Waals surface area contributed by atoms with Gasteiger partial charge in [-0.25, -0.2) is 0 Å². The molecule has 0 saturated carbocycles. The van der Waals surface area contributed by atoms with Gasteiger partial charge in [-0.2, -0.15) is 0 Å². The van der Waals surface area contributed by atoms with Gasteiger partial charge in [-0.1, -0.05) is 0 Å². The van der Waals surface area contributed by atoms with E-state index in [-0.39, 0.29) is 40.4 Å². The van der Waals surface area contributed by atoms with Crippen LogP contribution in [0.2, 0.25) is 0 Å². The number of rotatable bonds is 5. The van der Waals surface area contributed by atoms with Crippen molar-refractivity contribution >= 4 is 6.29 Å². The molecule has 0 aliphatic rings.